The van der Waals surface area contributed by atoms with E-state index in [1.807, 2.05) is 60.7 Å². The molecular formula is C24H20V. The van der Waals surface area contributed by atoms with Crippen LogP contribution in [0.2, 0.25) is 0 Å². The van der Waals surface area contributed by atoms with Gasteiger partial charge in [-0.25, -0.2) is 12.1 Å². The molecule has 0 amide bonds. The summed E-state index contributed by atoms with van der Waals surface area (Å²) in [5.41, 5.74) is 0.938. The minimum Gasteiger partial charge on any atom is -0.344 e. The molecule has 0 aromatic heterocycles. The topological polar surface area (TPSA) is 0 Å². The summed E-state index contributed by atoms with van der Waals surface area (Å²) in [6.45, 7) is 5.19. The summed E-state index contributed by atoms with van der Waals surface area (Å²) in [5.74, 6) is 0. The van der Waals surface area contributed by atoms with E-state index in [4.69, 9.17) is 6.58 Å². The normalized spacial score (nSPS) is 8.64. The smallest absolute Gasteiger partial charge is 0.344 e. The van der Waals surface area contributed by atoms with Crippen LogP contribution in [-0.4, -0.2) is 0 Å². The Hall–Kier alpha value is -2.54. The SMILES string of the molecule is [CH-]=Cc1[c-]cccc1.[V+2].c1ccc2ccccc2c1.c1ccccc1. The molecule has 0 atom stereocenters. The van der Waals surface area contributed by atoms with E-state index in [0.717, 1.165) is 5.56 Å². The molecule has 0 spiro atoms. The third-order valence-corrected chi connectivity index (χ3v) is 3.24. The summed E-state index contributed by atoms with van der Waals surface area (Å²) < 4.78 is 0. The van der Waals surface area contributed by atoms with Crippen molar-refractivity contribution in [1.29, 1.82) is 0 Å². The molecule has 0 aliphatic carbocycles. The fraction of sp³-hybridized carbons (Fsp3) is 0. The van der Waals surface area contributed by atoms with Gasteiger partial charge < -0.3 is 18.2 Å². The summed E-state index contributed by atoms with van der Waals surface area (Å²) >= 11 is 0. The molecule has 1 heteroatoms. The van der Waals surface area contributed by atoms with Crippen molar-refractivity contribution in [3.63, 3.8) is 0 Å². The van der Waals surface area contributed by atoms with Crippen LogP contribution in [-0.2, 0) is 18.6 Å². The van der Waals surface area contributed by atoms with Crippen molar-refractivity contribution in [1.82, 2.24) is 0 Å². The van der Waals surface area contributed by atoms with Crippen LogP contribution in [0.4, 0.5) is 0 Å². The molecule has 25 heavy (non-hydrogen) atoms. The first-order chi connectivity index (χ1) is 11.9. The Morgan fingerprint density at radius 2 is 0.960 bits per heavy atom. The number of rotatable bonds is 1. The first kappa shape index (κ1) is 20.5. The molecule has 0 aliphatic heterocycles. The Morgan fingerprint density at radius 3 is 1.24 bits per heavy atom. The molecule has 4 aromatic carbocycles. The fourth-order valence-electron chi connectivity index (χ4n) is 2.03. The van der Waals surface area contributed by atoms with Crippen molar-refractivity contribution < 1.29 is 18.6 Å². The van der Waals surface area contributed by atoms with Crippen LogP contribution in [0.3, 0.4) is 0 Å². The molecular weight excluding hydrogens is 339 g/mol. The van der Waals surface area contributed by atoms with Crippen LogP contribution in [0.5, 0.6) is 0 Å². The van der Waals surface area contributed by atoms with E-state index in [2.05, 4.69) is 54.6 Å². The second-order valence-corrected chi connectivity index (χ2v) is 4.99. The van der Waals surface area contributed by atoms with Gasteiger partial charge in [0, 0.05) is 0 Å². The number of hydrogen-bond donors (Lipinski definition) is 0. The van der Waals surface area contributed by atoms with Gasteiger partial charge in [-0.3, -0.25) is 0 Å². The fourth-order valence-corrected chi connectivity index (χ4v) is 2.03. The van der Waals surface area contributed by atoms with E-state index in [1.54, 1.807) is 0 Å². The number of benzene rings is 4. The summed E-state index contributed by atoms with van der Waals surface area (Å²) in [4.78, 5) is 0. The van der Waals surface area contributed by atoms with Gasteiger partial charge in [0.1, 0.15) is 0 Å². The van der Waals surface area contributed by atoms with Gasteiger partial charge in [0.25, 0.3) is 0 Å². The van der Waals surface area contributed by atoms with Crippen LogP contribution in [0, 0.1) is 12.6 Å². The van der Waals surface area contributed by atoms with Crippen molar-refractivity contribution >= 4 is 16.8 Å². The maximum absolute atomic E-state index is 5.19. The molecule has 0 N–H and O–H groups in total. The van der Waals surface area contributed by atoms with E-state index in [0.29, 0.717) is 0 Å². The second-order valence-electron chi connectivity index (χ2n) is 4.99. The Kier molecular flexibility index (Phi) is 10.5. The minimum absolute atomic E-state index is 0. The van der Waals surface area contributed by atoms with Gasteiger partial charge in [-0.15, -0.1) is 6.07 Å². The van der Waals surface area contributed by atoms with Crippen molar-refractivity contribution in [3.05, 3.63) is 127 Å². The molecule has 0 aliphatic rings. The quantitative estimate of drug-likeness (QED) is 0.342. The average molecular weight is 359 g/mol. The third-order valence-electron chi connectivity index (χ3n) is 3.24. The van der Waals surface area contributed by atoms with E-state index in [9.17, 15) is 0 Å². The van der Waals surface area contributed by atoms with Gasteiger partial charge in [-0.1, -0.05) is 84.9 Å². The van der Waals surface area contributed by atoms with Crippen molar-refractivity contribution in [2.45, 2.75) is 0 Å². The monoisotopic (exact) mass is 359 g/mol. The Labute approximate surface area is 162 Å². The maximum atomic E-state index is 5.19. The average Bonchev–Trinajstić information content (AvgIpc) is 2.71. The van der Waals surface area contributed by atoms with Crippen LogP contribution < -0.4 is 0 Å². The molecule has 121 valence electrons. The number of hydrogen-bond acceptors (Lipinski definition) is 0. The van der Waals surface area contributed by atoms with Gasteiger partial charge in [-0.05, 0) is 10.8 Å². The zero-order valence-corrected chi connectivity index (χ0v) is 15.4. The van der Waals surface area contributed by atoms with Crippen LogP contribution in [0.15, 0.2) is 109 Å². The Morgan fingerprint density at radius 1 is 0.560 bits per heavy atom. The van der Waals surface area contributed by atoms with Crippen LogP contribution in [0.1, 0.15) is 5.56 Å². The van der Waals surface area contributed by atoms with Gasteiger partial charge in [-0.2, -0.15) is 12.1 Å². The summed E-state index contributed by atoms with van der Waals surface area (Å²) in [6, 6.07) is 39.2. The standard InChI is InChI=1S/C10H8.C8H6.C6H6.V/c1-2-6-10-8-4-3-7-9(10)5-1;1-2-8-6-4-3-5-7-8;1-2-4-6-5-3-1;/h1-8H;1-6H;1-6H;/q;-2;;+2. The Bertz CT molecular complexity index is 731. The van der Waals surface area contributed by atoms with E-state index in [1.165, 1.54) is 16.8 Å². The van der Waals surface area contributed by atoms with E-state index in [-0.39, 0.29) is 18.6 Å². The second kappa shape index (κ2) is 12.8. The molecule has 0 saturated carbocycles. The van der Waals surface area contributed by atoms with Crippen molar-refractivity contribution in [2.75, 3.05) is 0 Å². The summed E-state index contributed by atoms with van der Waals surface area (Å²) in [7, 11) is 0. The first-order valence-electron chi connectivity index (χ1n) is 7.85. The van der Waals surface area contributed by atoms with Crippen molar-refractivity contribution in [2.24, 2.45) is 0 Å². The molecule has 0 bridgehead atoms. The molecule has 4 rings (SSSR count). The van der Waals surface area contributed by atoms with Gasteiger partial charge in [0.05, 0.1) is 0 Å². The first-order valence-corrected chi connectivity index (χ1v) is 7.85. The van der Waals surface area contributed by atoms with Crippen LogP contribution in [0.25, 0.3) is 16.8 Å². The third kappa shape index (κ3) is 8.21. The number of fused-ring (bicyclic) bond motifs is 1. The molecule has 0 saturated heterocycles. The molecule has 0 nitrogen and oxygen atoms in total. The zero-order valence-electron chi connectivity index (χ0n) is 14.0. The van der Waals surface area contributed by atoms with E-state index < -0.39 is 0 Å². The maximum Gasteiger partial charge on any atom is 2.00 e. The molecule has 0 fully saturated rings. The predicted octanol–water partition coefficient (Wildman–Crippen LogP) is 6.46. The molecule has 4 aromatic rings. The molecule has 0 heterocycles. The van der Waals surface area contributed by atoms with Crippen molar-refractivity contribution in [3.8, 4) is 0 Å². The predicted molar refractivity (Wildman–Crippen MR) is 104 cm³/mol. The summed E-state index contributed by atoms with van der Waals surface area (Å²) in [6.07, 6.45) is 1.53. The van der Waals surface area contributed by atoms with Gasteiger partial charge in [0.15, 0.2) is 0 Å². The largest absolute Gasteiger partial charge is 2.00 e. The van der Waals surface area contributed by atoms with E-state index >= 15 is 0 Å². The van der Waals surface area contributed by atoms with Gasteiger partial charge >= 0.3 is 18.6 Å². The zero-order chi connectivity index (χ0) is 16.9. The summed E-state index contributed by atoms with van der Waals surface area (Å²) in [5, 5.41) is 2.62. The molecule has 0 unspecified atom stereocenters. The van der Waals surface area contributed by atoms with Gasteiger partial charge in [0.2, 0.25) is 0 Å². The van der Waals surface area contributed by atoms with Crippen LogP contribution >= 0.6 is 0 Å². The minimum atomic E-state index is 0. The molecule has 1 radical (unpaired) electrons. The Balaban J connectivity index is 0.000000190.